The van der Waals surface area contributed by atoms with Crippen LogP contribution >= 0.6 is 15.9 Å². The van der Waals surface area contributed by atoms with Gasteiger partial charge in [0.05, 0.1) is 5.75 Å². The van der Waals surface area contributed by atoms with E-state index in [0.717, 1.165) is 18.2 Å². The SMILES string of the molecule is CC(CCBr)NC(=O)C1CCCCS1(=O)=O. The molecular weight excluding hydrogens is 294 g/mol. The Morgan fingerprint density at radius 1 is 1.50 bits per heavy atom. The highest BCUT2D eigenvalue weighted by Gasteiger charge is 2.34. The summed E-state index contributed by atoms with van der Waals surface area (Å²) in [6, 6.07) is 0.0176. The molecule has 6 heteroatoms. The smallest absolute Gasteiger partial charge is 0.238 e. The second kappa shape index (κ2) is 6.00. The molecule has 16 heavy (non-hydrogen) atoms. The highest BCUT2D eigenvalue weighted by molar-refractivity contribution is 9.09. The molecule has 0 bridgehead atoms. The van der Waals surface area contributed by atoms with Crippen LogP contribution in [0.4, 0.5) is 0 Å². The summed E-state index contributed by atoms with van der Waals surface area (Å²) in [6.07, 6.45) is 2.78. The van der Waals surface area contributed by atoms with Crippen LogP contribution in [-0.2, 0) is 14.6 Å². The van der Waals surface area contributed by atoms with Gasteiger partial charge in [0.1, 0.15) is 5.25 Å². The van der Waals surface area contributed by atoms with Crippen LogP contribution in [0.3, 0.4) is 0 Å². The average Bonchev–Trinajstić information content (AvgIpc) is 2.16. The predicted molar refractivity (Wildman–Crippen MR) is 67.4 cm³/mol. The minimum Gasteiger partial charge on any atom is -0.352 e. The van der Waals surface area contributed by atoms with Crippen molar-refractivity contribution in [2.75, 3.05) is 11.1 Å². The molecule has 0 aliphatic carbocycles. The van der Waals surface area contributed by atoms with E-state index in [2.05, 4.69) is 21.2 Å². The Labute approximate surface area is 105 Å². The maximum atomic E-state index is 11.8. The molecule has 0 spiro atoms. The molecule has 0 saturated carbocycles. The third-order valence-corrected chi connectivity index (χ3v) is 5.43. The van der Waals surface area contributed by atoms with E-state index in [1.165, 1.54) is 0 Å². The molecule has 1 heterocycles. The van der Waals surface area contributed by atoms with Crippen LogP contribution in [0.15, 0.2) is 0 Å². The van der Waals surface area contributed by atoms with E-state index in [4.69, 9.17) is 0 Å². The van der Waals surface area contributed by atoms with Gasteiger partial charge in [-0.1, -0.05) is 22.4 Å². The Morgan fingerprint density at radius 2 is 2.19 bits per heavy atom. The van der Waals surface area contributed by atoms with Crippen LogP contribution in [0.25, 0.3) is 0 Å². The van der Waals surface area contributed by atoms with E-state index in [1.54, 1.807) is 0 Å². The first-order valence-electron chi connectivity index (χ1n) is 5.55. The van der Waals surface area contributed by atoms with Gasteiger partial charge in [-0.05, 0) is 26.2 Å². The number of sulfone groups is 1. The lowest BCUT2D eigenvalue weighted by Crippen LogP contribution is -2.45. The number of halogens is 1. The summed E-state index contributed by atoms with van der Waals surface area (Å²) < 4.78 is 23.4. The van der Waals surface area contributed by atoms with Gasteiger partial charge in [-0.15, -0.1) is 0 Å². The van der Waals surface area contributed by atoms with Gasteiger partial charge in [-0.25, -0.2) is 8.42 Å². The summed E-state index contributed by atoms with van der Waals surface area (Å²) in [6.45, 7) is 1.88. The van der Waals surface area contributed by atoms with Gasteiger partial charge in [0, 0.05) is 11.4 Å². The normalized spacial score (nSPS) is 26.0. The quantitative estimate of drug-likeness (QED) is 0.795. The zero-order valence-electron chi connectivity index (χ0n) is 9.41. The second-order valence-corrected chi connectivity index (χ2v) is 7.33. The summed E-state index contributed by atoms with van der Waals surface area (Å²) in [5.41, 5.74) is 0. The molecule has 0 aromatic rings. The average molecular weight is 312 g/mol. The number of carbonyl (C=O) groups is 1. The maximum Gasteiger partial charge on any atom is 0.238 e. The van der Waals surface area contributed by atoms with Crippen molar-refractivity contribution in [3.05, 3.63) is 0 Å². The Kier molecular flexibility index (Phi) is 5.24. The van der Waals surface area contributed by atoms with Gasteiger partial charge in [-0.3, -0.25) is 4.79 Å². The summed E-state index contributed by atoms with van der Waals surface area (Å²) in [5, 5.41) is 2.74. The van der Waals surface area contributed by atoms with Crippen LogP contribution in [-0.4, -0.2) is 36.7 Å². The van der Waals surface area contributed by atoms with Gasteiger partial charge in [0.2, 0.25) is 5.91 Å². The lowest BCUT2D eigenvalue weighted by Gasteiger charge is -2.23. The summed E-state index contributed by atoms with van der Waals surface area (Å²) in [4.78, 5) is 11.8. The topological polar surface area (TPSA) is 63.2 Å². The van der Waals surface area contributed by atoms with Gasteiger partial charge in [0.15, 0.2) is 9.84 Å². The molecule has 0 aromatic heterocycles. The molecule has 2 unspecified atom stereocenters. The third kappa shape index (κ3) is 3.73. The number of nitrogens with one attached hydrogen (secondary N) is 1. The fourth-order valence-electron chi connectivity index (χ4n) is 1.82. The molecule has 1 aliphatic heterocycles. The Bertz CT molecular complexity index is 342. The molecule has 1 fully saturated rings. The second-order valence-electron chi connectivity index (χ2n) is 4.24. The molecule has 4 nitrogen and oxygen atoms in total. The van der Waals surface area contributed by atoms with Crippen LogP contribution in [0.5, 0.6) is 0 Å². The summed E-state index contributed by atoms with van der Waals surface area (Å²) >= 11 is 3.29. The van der Waals surface area contributed by atoms with Crippen molar-refractivity contribution in [2.24, 2.45) is 0 Å². The van der Waals surface area contributed by atoms with Crippen molar-refractivity contribution in [1.29, 1.82) is 0 Å². The molecule has 1 N–H and O–H groups in total. The van der Waals surface area contributed by atoms with E-state index in [9.17, 15) is 13.2 Å². The summed E-state index contributed by atoms with van der Waals surface area (Å²) in [5.74, 6) is -0.175. The number of amides is 1. The van der Waals surface area contributed by atoms with E-state index >= 15 is 0 Å². The number of carbonyl (C=O) groups excluding carboxylic acids is 1. The molecule has 1 rings (SSSR count). The Hall–Kier alpha value is -0.100. The minimum atomic E-state index is -3.21. The molecule has 1 amide bonds. The number of hydrogen-bond acceptors (Lipinski definition) is 3. The fraction of sp³-hybridized carbons (Fsp3) is 0.900. The van der Waals surface area contributed by atoms with Gasteiger partial charge < -0.3 is 5.32 Å². The zero-order chi connectivity index (χ0) is 12.2. The molecular formula is C10H18BrNO3S. The van der Waals surface area contributed by atoms with Crippen LogP contribution in [0.2, 0.25) is 0 Å². The molecule has 94 valence electrons. The van der Waals surface area contributed by atoms with Crippen molar-refractivity contribution in [3.63, 3.8) is 0 Å². The Morgan fingerprint density at radius 3 is 2.75 bits per heavy atom. The highest BCUT2D eigenvalue weighted by atomic mass is 79.9. The maximum absolute atomic E-state index is 11.8. The highest BCUT2D eigenvalue weighted by Crippen LogP contribution is 2.19. The predicted octanol–water partition coefficient (Wildman–Crippen LogP) is 1.24. The van der Waals surface area contributed by atoms with Crippen LogP contribution in [0, 0.1) is 0 Å². The van der Waals surface area contributed by atoms with Gasteiger partial charge in [-0.2, -0.15) is 0 Å². The minimum absolute atomic E-state index is 0.0176. The van der Waals surface area contributed by atoms with Crippen molar-refractivity contribution in [2.45, 2.75) is 43.9 Å². The summed E-state index contributed by atoms with van der Waals surface area (Å²) in [7, 11) is -3.21. The molecule has 1 aliphatic rings. The first kappa shape index (κ1) is 14.0. The van der Waals surface area contributed by atoms with E-state index < -0.39 is 15.1 Å². The van der Waals surface area contributed by atoms with Gasteiger partial charge in [0.25, 0.3) is 0 Å². The standard InChI is InChI=1S/C10H18BrNO3S/c1-8(5-6-11)12-10(13)9-4-2-3-7-16(9,14)15/h8-9H,2-7H2,1H3,(H,12,13). The first-order chi connectivity index (χ1) is 7.47. The van der Waals surface area contributed by atoms with Crippen molar-refractivity contribution in [1.82, 2.24) is 5.32 Å². The van der Waals surface area contributed by atoms with Crippen molar-refractivity contribution >= 4 is 31.7 Å². The number of hydrogen-bond donors (Lipinski definition) is 1. The number of rotatable bonds is 4. The molecule has 1 saturated heterocycles. The lowest BCUT2D eigenvalue weighted by molar-refractivity contribution is -0.121. The van der Waals surface area contributed by atoms with Crippen molar-refractivity contribution in [3.8, 4) is 0 Å². The van der Waals surface area contributed by atoms with Gasteiger partial charge >= 0.3 is 0 Å². The third-order valence-electron chi connectivity index (χ3n) is 2.80. The van der Waals surface area contributed by atoms with Crippen LogP contribution in [0.1, 0.15) is 32.6 Å². The molecule has 0 radical (unpaired) electrons. The molecule has 0 aromatic carbocycles. The monoisotopic (exact) mass is 311 g/mol. The Balaban J connectivity index is 2.59. The molecule has 2 atom stereocenters. The number of alkyl halides is 1. The van der Waals surface area contributed by atoms with E-state index in [1.807, 2.05) is 6.92 Å². The zero-order valence-corrected chi connectivity index (χ0v) is 11.8. The fourth-order valence-corrected chi connectivity index (χ4v) is 4.32. The van der Waals surface area contributed by atoms with E-state index in [-0.39, 0.29) is 17.7 Å². The van der Waals surface area contributed by atoms with E-state index in [0.29, 0.717) is 12.8 Å². The largest absolute Gasteiger partial charge is 0.352 e. The van der Waals surface area contributed by atoms with Crippen molar-refractivity contribution < 1.29 is 13.2 Å². The first-order valence-corrected chi connectivity index (χ1v) is 8.39. The lowest BCUT2D eigenvalue weighted by atomic mass is 10.1. The van der Waals surface area contributed by atoms with Crippen LogP contribution < -0.4 is 5.32 Å².